The molecular weight excluding hydrogens is 132 g/mol. The monoisotopic (exact) mass is 152 g/mol. The Hall–Kier alpha value is 0. The van der Waals surface area contributed by atoms with Crippen molar-refractivity contribution in [3.8, 4) is 0 Å². The molecule has 0 heteroatoms. The van der Waals surface area contributed by atoms with Crippen molar-refractivity contribution in [2.45, 2.75) is 51.9 Å². The van der Waals surface area contributed by atoms with Gasteiger partial charge in [0.25, 0.3) is 0 Å². The summed E-state index contributed by atoms with van der Waals surface area (Å²) in [6, 6.07) is 0. The smallest absolute Gasteiger partial charge is 0.0409 e. The lowest BCUT2D eigenvalue weighted by molar-refractivity contribution is 0.135. The quantitative estimate of drug-likeness (QED) is 0.538. The number of fused-ring (bicyclic) bond motifs is 2. The molecule has 2 aliphatic rings. The summed E-state index contributed by atoms with van der Waals surface area (Å²) in [4.78, 5) is 0. The van der Waals surface area contributed by atoms with E-state index in [0.29, 0.717) is 0 Å². The van der Waals surface area contributed by atoms with Crippen molar-refractivity contribution in [3.63, 3.8) is 0 Å². The molecule has 2 unspecified atom stereocenters. The Kier molecular flexibility index (Phi) is 2.20. The Morgan fingerprint density at radius 1 is 1.00 bits per heavy atom. The second-order valence-corrected chi connectivity index (χ2v) is 4.64. The van der Waals surface area contributed by atoms with Gasteiger partial charge >= 0.3 is 0 Å². The van der Waals surface area contributed by atoms with Crippen LogP contribution in [0.3, 0.4) is 0 Å². The number of hydrogen-bond acceptors (Lipinski definition) is 0. The van der Waals surface area contributed by atoms with Crippen molar-refractivity contribution in [3.05, 3.63) is 0 Å². The van der Waals surface area contributed by atoms with Gasteiger partial charge in [-0.05, 0) is 37.0 Å². The van der Waals surface area contributed by atoms with Gasteiger partial charge in [0.2, 0.25) is 0 Å². The fraction of sp³-hybridized carbons (Fsp3) is 1.00. The first-order valence-electron chi connectivity index (χ1n) is 5.38. The minimum Gasteiger partial charge on any atom is -0.0651 e. The van der Waals surface area contributed by atoms with Gasteiger partial charge in [-0.15, -0.1) is 0 Å². The maximum Gasteiger partial charge on any atom is -0.0409 e. The standard InChI is InChI=1S/C11H20/c1-2-9-6-10-4-3-5-11(7-9)8-10/h9-11H,2-8H2,1H3/t9?,10-,11?/m1/s1. The summed E-state index contributed by atoms with van der Waals surface area (Å²) in [5, 5.41) is 0. The van der Waals surface area contributed by atoms with Gasteiger partial charge in [-0.25, -0.2) is 0 Å². The van der Waals surface area contributed by atoms with E-state index in [-0.39, 0.29) is 0 Å². The Morgan fingerprint density at radius 3 is 2.18 bits per heavy atom. The zero-order chi connectivity index (χ0) is 7.68. The highest BCUT2D eigenvalue weighted by molar-refractivity contribution is 4.82. The highest BCUT2D eigenvalue weighted by Crippen LogP contribution is 2.43. The van der Waals surface area contributed by atoms with Gasteiger partial charge < -0.3 is 0 Å². The normalized spacial score (nSPS) is 43.9. The van der Waals surface area contributed by atoms with Crippen LogP contribution < -0.4 is 0 Å². The second-order valence-electron chi connectivity index (χ2n) is 4.64. The molecule has 2 bridgehead atoms. The van der Waals surface area contributed by atoms with E-state index in [1.54, 1.807) is 32.1 Å². The predicted octanol–water partition coefficient (Wildman–Crippen LogP) is 3.61. The third kappa shape index (κ3) is 1.60. The first kappa shape index (κ1) is 7.64. The second kappa shape index (κ2) is 3.16. The molecule has 0 spiro atoms. The molecule has 2 fully saturated rings. The molecule has 11 heavy (non-hydrogen) atoms. The van der Waals surface area contributed by atoms with Crippen LogP contribution in [0.4, 0.5) is 0 Å². The summed E-state index contributed by atoms with van der Waals surface area (Å²) < 4.78 is 0. The molecule has 2 saturated carbocycles. The summed E-state index contributed by atoms with van der Waals surface area (Å²) in [6.45, 7) is 2.37. The van der Waals surface area contributed by atoms with Crippen molar-refractivity contribution < 1.29 is 0 Å². The van der Waals surface area contributed by atoms with Crippen molar-refractivity contribution in [1.29, 1.82) is 0 Å². The van der Waals surface area contributed by atoms with E-state index < -0.39 is 0 Å². The number of hydrogen-bond donors (Lipinski definition) is 0. The fourth-order valence-corrected chi connectivity index (χ4v) is 3.20. The van der Waals surface area contributed by atoms with Crippen molar-refractivity contribution in [1.82, 2.24) is 0 Å². The van der Waals surface area contributed by atoms with Crippen LogP contribution in [0.1, 0.15) is 51.9 Å². The molecule has 0 aromatic rings. The molecule has 0 aliphatic heterocycles. The maximum atomic E-state index is 2.37. The summed E-state index contributed by atoms with van der Waals surface area (Å²) in [5.74, 6) is 3.36. The molecular formula is C11H20. The maximum absolute atomic E-state index is 2.37. The first-order valence-corrected chi connectivity index (χ1v) is 5.38. The molecule has 0 nitrogen and oxygen atoms in total. The van der Waals surface area contributed by atoms with Gasteiger partial charge in [0.05, 0.1) is 0 Å². The lowest BCUT2D eigenvalue weighted by atomic mass is 9.67. The zero-order valence-electron chi connectivity index (χ0n) is 7.68. The lowest BCUT2D eigenvalue weighted by Gasteiger charge is -2.38. The van der Waals surface area contributed by atoms with Gasteiger partial charge in [-0.2, -0.15) is 0 Å². The van der Waals surface area contributed by atoms with Gasteiger partial charge in [0.15, 0.2) is 0 Å². The van der Waals surface area contributed by atoms with Gasteiger partial charge in [0, 0.05) is 0 Å². The molecule has 0 amide bonds. The Balaban J connectivity index is 1.94. The molecule has 0 heterocycles. The summed E-state index contributed by atoms with van der Waals surface area (Å²) in [5.41, 5.74) is 0. The highest BCUT2D eigenvalue weighted by atomic mass is 14.4. The van der Waals surface area contributed by atoms with E-state index >= 15 is 0 Å². The van der Waals surface area contributed by atoms with E-state index in [1.807, 2.05) is 0 Å². The average molecular weight is 152 g/mol. The molecule has 2 rings (SSSR count). The zero-order valence-corrected chi connectivity index (χ0v) is 7.68. The fourth-order valence-electron chi connectivity index (χ4n) is 3.20. The van der Waals surface area contributed by atoms with Crippen LogP contribution >= 0.6 is 0 Å². The molecule has 3 atom stereocenters. The molecule has 0 aromatic carbocycles. The molecule has 0 radical (unpaired) electrons. The third-order valence-electron chi connectivity index (χ3n) is 3.80. The van der Waals surface area contributed by atoms with E-state index in [2.05, 4.69) is 6.92 Å². The molecule has 0 aromatic heterocycles. The summed E-state index contributed by atoms with van der Waals surface area (Å²) in [6.07, 6.45) is 10.8. The topological polar surface area (TPSA) is 0 Å². The summed E-state index contributed by atoms with van der Waals surface area (Å²) >= 11 is 0. The predicted molar refractivity (Wildman–Crippen MR) is 48.5 cm³/mol. The van der Waals surface area contributed by atoms with Gasteiger partial charge in [-0.1, -0.05) is 32.6 Å². The van der Waals surface area contributed by atoms with Crippen LogP contribution in [0, 0.1) is 17.8 Å². The minimum absolute atomic E-state index is 1.10. The molecule has 0 saturated heterocycles. The van der Waals surface area contributed by atoms with Crippen LogP contribution in [-0.4, -0.2) is 0 Å². The molecule has 2 aliphatic carbocycles. The molecule has 0 N–H and O–H groups in total. The third-order valence-corrected chi connectivity index (χ3v) is 3.80. The van der Waals surface area contributed by atoms with Crippen molar-refractivity contribution >= 4 is 0 Å². The minimum atomic E-state index is 1.10. The van der Waals surface area contributed by atoms with Crippen LogP contribution in [0.25, 0.3) is 0 Å². The van der Waals surface area contributed by atoms with E-state index in [1.165, 1.54) is 12.8 Å². The highest BCUT2D eigenvalue weighted by Gasteiger charge is 2.30. The average Bonchev–Trinajstić information content (AvgIpc) is 2.03. The number of rotatable bonds is 1. The van der Waals surface area contributed by atoms with Gasteiger partial charge in [0.1, 0.15) is 0 Å². The van der Waals surface area contributed by atoms with Gasteiger partial charge in [-0.3, -0.25) is 0 Å². The lowest BCUT2D eigenvalue weighted by Crippen LogP contribution is -2.26. The Morgan fingerprint density at radius 2 is 1.64 bits per heavy atom. The van der Waals surface area contributed by atoms with Crippen LogP contribution in [0.15, 0.2) is 0 Å². The summed E-state index contributed by atoms with van der Waals surface area (Å²) in [7, 11) is 0. The van der Waals surface area contributed by atoms with E-state index in [0.717, 1.165) is 17.8 Å². The van der Waals surface area contributed by atoms with Crippen LogP contribution in [-0.2, 0) is 0 Å². The van der Waals surface area contributed by atoms with E-state index in [4.69, 9.17) is 0 Å². The van der Waals surface area contributed by atoms with E-state index in [9.17, 15) is 0 Å². The Labute approximate surface area is 70.4 Å². The Bertz CT molecular complexity index is 116. The van der Waals surface area contributed by atoms with Crippen LogP contribution in [0.5, 0.6) is 0 Å². The SMILES string of the molecule is CCC1CC2CCC[C@H](C1)C2. The largest absolute Gasteiger partial charge is 0.0651 e. The van der Waals surface area contributed by atoms with Crippen molar-refractivity contribution in [2.24, 2.45) is 17.8 Å². The van der Waals surface area contributed by atoms with Crippen LogP contribution in [0.2, 0.25) is 0 Å². The molecule has 64 valence electrons. The first-order chi connectivity index (χ1) is 5.38. The van der Waals surface area contributed by atoms with Crippen molar-refractivity contribution in [2.75, 3.05) is 0 Å².